The molecule has 0 aliphatic heterocycles. The van der Waals surface area contributed by atoms with Gasteiger partial charge in [-0.2, -0.15) is 0 Å². The van der Waals surface area contributed by atoms with Crippen LogP contribution in [0, 0.1) is 12.7 Å². The topological polar surface area (TPSA) is 30.5 Å². The quantitative estimate of drug-likeness (QED) is 0.889. The van der Waals surface area contributed by atoms with Crippen LogP contribution in [0.4, 0.5) is 10.1 Å². The molecule has 2 rings (SSSR count). The third-order valence-corrected chi connectivity index (χ3v) is 3.55. The van der Waals surface area contributed by atoms with Crippen molar-refractivity contribution in [3.8, 4) is 11.5 Å². The highest BCUT2D eigenvalue weighted by Gasteiger charge is 2.14. The largest absolute Gasteiger partial charge is 0.497 e. The van der Waals surface area contributed by atoms with E-state index in [1.165, 1.54) is 6.07 Å². The summed E-state index contributed by atoms with van der Waals surface area (Å²) in [5.41, 5.74) is 2.37. The van der Waals surface area contributed by atoms with E-state index in [0.717, 1.165) is 22.7 Å². The normalized spacial score (nSPS) is 11.9. The summed E-state index contributed by atoms with van der Waals surface area (Å²) >= 11 is 0. The van der Waals surface area contributed by atoms with Crippen molar-refractivity contribution in [2.45, 2.75) is 19.9 Å². The molecule has 0 aromatic heterocycles. The van der Waals surface area contributed by atoms with Crippen LogP contribution in [0.5, 0.6) is 11.5 Å². The van der Waals surface area contributed by atoms with E-state index >= 15 is 0 Å². The zero-order valence-electron chi connectivity index (χ0n) is 12.7. The van der Waals surface area contributed by atoms with Crippen LogP contribution in [0.1, 0.15) is 24.1 Å². The van der Waals surface area contributed by atoms with Crippen molar-refractivity contribution >= 4 is 5.69 Å². The monoisotopic (exact) mass is 289 g/mol. The minimum Gasteiger partial charge on any atom is -0.497 e. The number of nitrogens with one attached hydrogen (secondary N) is 1. The van der Waals surface area contributed by atoms with Crippen LogP contribution in [-0.4, -0.2) is 14.2 Å². The Labute approximate surface area is 124 Å². The molecule has 0 saturated carbocycles. The van der Waals surface area contributed by atoms with Gasteiger partial charge in [0.1, 0.15) is 17.3 Å². The summed E-state index contributed by atoms with van der Waals surface area (Å²) in [7, 11) is 3.24. The second kappa shape index (κ2) is 6.48. The summed E-state index contributed by atoms with van der Waals surface area (Å²) in [6, 6.07) is 10.7. The van der Waals surface area contributed by atoms with Crippen LogP contribution < -0.4 is 14.8 Å². The van der Waals surface area contributed by atoms with E-state index in [1.54, 1.807) is 27.2 Å². The summed E-state index contributed by atoms with van der Waals surface area (Å²) in [5.74, 6) is 1.27. The van der Waals surface area contributed by atoms with Crippen molar-refractivity contribution in [1.82, 2.24) is 0 Å². The molecule has 4 heteroatoms. The van der Waals surface area contributed by atoms with Crippen molar-refractivity contribution in [2.24, 2.45) is 0 Å². The van der Waals surface area contributed by atoms with Gasteiger partial charge in [-0.05, 0) is 38.1 Å². The molecule has 1 unspecified atom stereocenters. The number of benzene rings is 2. The van der Waals surface area contributed by atoms with Crippen molar-refractivity contribution in [1.29, 1.82) is 0 Å². The molecular formula is C17H20FNO2. The van der Waals surface area contributed by atoms with E-state index in [1.807, 2.05) is 31.2 Å². The summed E-state index contributed by atoms with van der Waals surface area (Å²) < 4.78 is 24.2. The average molecular weight is 289 g/mol. The van der Waals surface area contributed by atoms with Crippen molar-refractivity contribution in [3.05, 3.63) is 53.3 Å². The van der Waals surface area contributed by atoms with Crippen molar-refractivity contribution in [3.63, 3.8) is 0 Å². The zero-order valence-corrected chi connectivity index (χ0v) is 12.7. The minimum absolute atomic E-state index is 0.0219. The first kappa shape index (κ1) is 15.2. The predicted octanol–water partition coefficient (Wildman–Crippen LogP) is 4.32. The Balaban J connectivity index is 2.28. The molecule has 112 valence electrons. The lowest BCUT2D eigenvalue weighted by Crippen LogP contribution is -2.09. The molecule has 3 nitrogen and oxygen atoms in total. The van der Waals surface area contributed by atoms with E-state index < -0.39 is 0 Å². The number of rotatable bonds is 5. The van der Waals surface area contributed by atoms with Crippen LogP contribution in [0.15, 0.2) is 36.4 Å². The Kier molecular flexibility index (Phi) is 4.68. The maximum absolute atomic E-state index is 13.6. The summed E-state index contributed by atoms with van der Waals surface area (Å²) in [6.45, 7) is 3.77. The first-order chi connectivity index (χ1) is 10.1. The molecule has 0 amide bonds. The van der Waals surface area contributed by atoms with Gasteiger partial charge in [-0.15, -0.1) is 0 Å². The molecule has 1 N–H and O–H groups in total. The van der Waals surface area contributed by atoms with Crippen LogP contribution in [0.2, 0.25) is 0 Å². The number of methoxy groups -OCH3 is 2. The SMILES string of the molecule is COc1ccc(C(C)Nc2cccc(F)c2C)c(OC)c1. The van der Waals surface area contributed by atoms with E-state index in [2.05, 4.69) is 5.32 Å². The van der Waals surface area contributed by atoms with Crippen molar-refractivity contribution in [2.75, 3.05) is 19.5 Å². The molecule has 0 fully saturated rings. The van der Waals surface area contributed by atoms with Gasteiger partial charge in [0.15, 0.2) is 0 Å². The number of ether oxygens (including phenoxy) is 2. The predicted molar refractivity (Wildman–Crippen MR) is 82.7 cm³/mol. The smallest absolute Gasteiger partial charge is 0.128 e. The first-order valence-corrected chi connectivity index (χ1v) is 6.80. The fourth-order valence-corrected chi connectivity index (χ4v) is 2.25. The molecule has 0 heterocycles. The lowest BCUT2D eigenvalue weighted by Gasteiger charge is -2.20. The molecule has 21 heavy (non-hydrogen) atoms. The maximum atomic E-state index is 13.6. The third kappa shape index (κ3) is 3.27. The standard InChI is InChI=1S/C17H20FNO2/c1-11-15(18)6-5-7-16(11)19-12(2)14-9-8-13(20-3)10-17(14)21-4/h5-10,12,19H,1-4H3. The zero-order chi connectivity index (χ0) is 15.4. The fourth-order valence-electron chi connectivity index (χ4n) is 2.25. The van der Waals surface area contributed by atoms with Gasteiger partial charge in [-0.1, -0.05) is 6.07 Å². The molecule has 2 aromatic carbocycles. The van der Waals surface area contributed by atoms with Gasteiger partial charge in [0.25, 0.3) is 0 Å². The second-order valence-corrected chi connectivity index (χ2v) is 4.89. The first-order valence-electron chi connectivity index (χ1n) is 6.80. The number of hydrogen-bond acceptors (Lipinski definition) is 3. The average Bonchev–Trinajstić information content (AvgIpc) is 2.51. The van der Waals surface area contributed by atoms with E-state index in [0.29, 0.717) is 5.56 Å². The highest BCUT2D eigenvalue weighted by Crippen LogP contribution is 2.32. The van der Waals surface area contributed by atoms with Gasteiger partial charge < -0.3 is 14.8 Å². The number of anilines is 1. The van der Waals surface area contributed by atoms with E-state index in [9.17, 15) is 4.39 Å². The van der Waals surface area contributed by atoms with E-state index in [4.69, 9.17) is 9.47 Å². The Morgan fingerprint density at radius 2 is 1.86 bits per heavy atom. The van der Waals surface area contributed by atoms with Crippen LogP contribution in [-0.2, 0) is 0 Å². The third-order valence-electron chi connectivity index (χ3n) is 3.55. The molecule has 0 radical (unpaired) electrons. The molecule has 0 aliphatic rings. The molecule has 0 bridgehead atoms. The lowest BCUT2D eigenvalue weighted by molar-refractivity contribution is 0.390. The minimum atomic E-state index is -0.214. The highest BCUT2D eigenvalue weighted by atomic mass is 19.1. The molecule has 0 saturated heterocycles. The molecule has 1 atom stereocenters. The van der Waals surface area contributed by atoms with E-state index in [-0.39, 0.29) is 11.9 Å². The molecule has 0 spiro atoms. The molecule has 0 aliphatic carbocycles. The van der Waals surface area contributed by atoms with Gasteiger partial charge in [0.2, 0.25) is 0 Å². The fraction of sp³-hybridized carbons (Fsp3) is 0.294. The van der Waals surface area contributed by atoms with Gasteiger partial charge in [-0.25, -0.2) is 4.39 Å². The second-order valence-electron chi connectivity index (χ2n) is 4.89. The summed E-state index contributed by atoms with van der Waals surface area (Å²) in [4.78, 5) is 0. The maximum Gasteiger partial charge on any atom is 0.128 e. The molecule has 2 aromatic rings. The Morgan fingerprint density at radius 1 is 1.10 bits per heavy atom. The van der Waals surface area contributed by atoms with Crippen LogP contribution in [0.3, 0.4) is 0 Å². The molecular weight excluding hydrogens is 269 g/mol. The van der Waals surface area contributed by atoms with Gasteiger partial charge in [-0.3, -0.25) is 0 Å². The van der Waals surface area contributed by atoms with Crippen LogP contribution in [0.25, 0.3) is 0 Å². The highest BCUT2D eigenvalue weighted by molar-refractivity contribution is 5.54. The Hall–Kier alpha value is -2.23. The van der Waals surface area contributed by atoms with Gasteiger partial charge >= 0.3 is 0 Å². The van der Waals surface area contributed by atoms with Gasteiger partial charge in [0.05, 0.1) is 20.3 Å². The summed E-state index contributed by atoms with van der Waals surface area (Å²) in [6.07, 6.45) is 0. The summed E-state index contributed by atoms with van der Waals surface area (Å²) in [5, 5.41) is 3.32. The Bertz CT molecular complexity index is 628. The Morgan fingerprint density at radius 3 is 2.52 bits per heavy atom. The van der Waals surface area contributed by atoms with Crippen molar-refractivity contribution < 1.29 is 13.9 Å². The number of halogens is 1. The lowest BCUT2D eigenvalue weighted by atomic mass is 10.1. The van der Waals surface area contributed by atoms with Crippen LogP contribution >= 0.6 is 0 Å². The number of hydrogen-bond donors (Lipinski definition) is 1. The van der Waals surface area contributed by atoms with Gasteiger partial charge in [0, 0.05) is 22.9 Å².